The van der Waals surface area contributed by atoms with E-state index >= 15 is 0 Å². The predicted octanol–water partition coefficient (Wildman–Crippen LogP) is 2.90. The van der Waals surface area contributed by atoms with Crippen molar-refractivity contribution in [3.05, 3.63) is 22.2 Å². The Balaban J connectivity index is 1.79. The maximum absolute atomic E-state index is 13.0. The van der Waals surface area contributed by atoms with Crippen molar-refractivity contribution >= 4 is 37.5 Å². The number of likely N-dealkylation sites (tertiary alicyclic amines) is 1. The molecule has 1 atom stereocenters. The number of nitrogens with zero attached hydrogens (tertiary/aromatic N) is 2. The number of fused-ring (bicyclic) bond motifs is 1. The van der Waals surface area contributed by atoms with Crippen LogP contribution < -0.4 is 9.62 Å². The van der Waals surface area contributed by atoms with Gasteiger partial charge < -0.3 is 4.90 Å². The van der Waals surface area contributed by atoms with E-state index in [0.29, 0.717) is 44.2 Å². The van der Waals surface area contributed by atoms with Gasteiger partial charge >= 0.3 is 0 Å². The van der Waals surface area contributed by atoms with Crippen LogP contribution in [0.5, 0.6) is 0 Å². The highest BCUT2D eigenvalue weighted by Crippen LogP contribution is 2.37. The highest BCUT2D eigenvalue weighted by atomic mass is 79.9. The smallest absolute Gasteiger partial charge is 0.242 e. The van der Waals surface area contributed by atoms with Crippen LogP contribution in [0.25, 0.3) is 0 Å². The summed E-state index contributed by atoms with van der Waals surface area (Å²) in [7, 11) is -3.70. The third-order valence-corrected chi connectivity index (χ3v) is 7.45. The fourth-order valence-electron chi connectivity index (χ4n) is 4.01. The average Bonchev–Trinajstić information content (AvgIpc) is 3.05. The molecule has 8 heteroatoms. The van der Waals surface area contributed by atoms with E-state index in [0.717, 1.165) is 16.6 Å². The Bertz CT molecular complexity index is 813. The first-order valence-electron chi connectivity index (χ1n) is 9.70. The minimum absolute atomic E-state index is 0.0466. The molecule has 1 saturated heterocycles. The van der Waals surface area contributed by atoms with Crippen LogP contribution in [0.3, 0.4) is 0 Å². The van der Waals surface area contributed by atoms with E-state index in [4.69, 9.17) is 0 Å². The molecule has 1 aromatic rings. The SMILES string of the molecule is CCC(=O)N1CCc2cc(Br)cc(S(=O)(=O)NCCN3CCCC[C@@H]3C)c21. The van der Waals surface area contributed by atoms with Crippen molar-refractivity contribution in [1.29, 1.82) is 0 Å². The second-order valence-electron chi connectivity index (χ2n) is 7.34. The fraction of sp³-hybridized carbons (Fsp3) is 0.632. The van der Waals surface area contributed by atoms with Crippen LogP contribution in [-0.2, 0) is 21.2 Å². The van der Waals surface area contributed by atoms with Gasteiger partial charge in [0.2, 0.25) is 15.9 Å². The molecule has 1 N–H and O–H groups in total. The molecule has 1 amide bonds. The summed E-state index contributed by atoms with van der Waals surface area (Å²) < 4.78 is 29.5. The molecule has 0 unspecified atom stereocenters. The molecule has 2 aliphatic heterocycles. The number of hydrogen-bond donors (Lipinski definition) is 1. The molecular weight excluding hydrogens is 430 g/mol. The average molecular weight is 458 g/mol. The number of anilines is 1. The lowest BCUT2D eigenvalue weighted by Crippen LogP contribution is -2.42. The third-order valence-electron chi connectivity index (χ3n) is 5.52. The Morgan fingerprint density at radius 3 is 2.78 bits per heavy atom. The van der Waals surface area contributed by atoms with Crippen LogP contribution in [0.15, 0.2) is 21.5 Å². The van der Waals surface area contributed by atoms with E-state index in [-0.39, 0.29) is 10.8 Å². The first-order valence-corrected chi connectivity index (χ1v) is 12.0. The second kappa shape index (κ2) is 8.59. The maximum atomic E-state index is 13.0. The molecule has 0 spiro atoms. The quantitative estimate of drug-likeness (QED) is 0.712. The Kier molecular flexibility index (Phi) is 6.61. The minimum Gasteiger partial charge on any atom is -0.310 e. The molecule has 0 bridgehead atoms. The zero-order valence-corrected chi connectivity index (χ0v) is 18.4. The summed E-state index contributed by atoms with van der Waals surface area (Å²) in [4.78, 5) is 16.4. The van der Waals surface area contributed by atoms with Gasteiger partial charge in [0.1, 0.15) is 4.90 Å². The first kappa shape index (κ1) is 20.8. The number of amides is 1. The standard InChI is InChI=1S/C19H28BrN3O3S/c1-3-18(24)23-10-7-15-12-16(20)13-17(19(15)23)27(25,26)21-8-11-22-9-5-4-6-14(22)2/h12-14,21H,3-11H2,1-2H3/t14-/m0/s1. The van der Waals surface area contributed by atoms with Gasteiger partial charge in [0.15, 0.2) is 0 Å². The summed E-state index contributed by atoms with van der Waals surface area (Å²) in [5, 5.41) is 0. The van der Waals surface area contributed by atoms with Crippen LogP contribution in [0.2, 0.25) is 0 Å². The van der Waals surface area contributed by atoms with Crippen LogP contribution >= 0.6 is 15.9 Å². The topological polar surface area (TPSA) is 69.7 Å². The first-order chi connectivity index (χ1) is 12.8. The maximum Gasteiger partial charge on any atom is 0.242 e. The molecule has 2 heterocycles. The summed E-state index contributed by atoms with van der Waals surface area (Å²) in [5.41, 5.74) is 1.44. The number of benzene rings is 1. The van der Waals surface area contributed by atoms with E-state index in [1.807, 2.05) is 6.07 Å². The lowest BCUT2D eigenvalue weighted by atomic mass is 10.0. The third kappa shape index (κ3) is 4.55. The molecule has 27 heavy (non-hydrogen) atoms. The number of carbonyl (C=O) groups excluding carboxylic acids is 1. The van der Waals surface area contributed by atoms with Crippen molar-refractivity contribution in [2.75, 3.05) is 31.1 Å². The Hall–Kier alpha value is -0.960. The zero-order valence-electron chi connectivity index (χ0n) is 16.0. The summed E-state index contributed by atoms with van der Waals surface area (Å²) in [6.07, 6.45) is 4.61. The summed E-state index contributed by atoms with van der Waals surface area (Å²) in [5.74, 6) is -0.0466. The van der Waals surface area contributed by atoms with Gasteiger partial charge in [-0.1, -0.05) is 29.3 Å². The largest absolute Gasteiger partial charge is 0.310 e. The number of sulfonamides is 1. The monoisotopic (exact) mass is 457 g/mol. The van der Waals surface area contributed by atoms with Crippen molar-refractivity contribution in [2.45, 2.75) is 56.9 Å². The van der Waals surface area contributed by atoms with Gasteiger partial charge in [-0.2, -0.15) is 0 Å². The minimum atomic E-state index is -3.70. The summed E-state index contributed by atoms with van der Waals surface area (Å²) in [6.45, 7) is 6.62. The van der Waals surface area contributed by atoms with Gasteiger partial charge in [-0.15, -0.1) is 0 Å². The second-order valence-corrected chi connectivity index (χ2v) is 9.99. The number of piperidine rings is 1. The number of nitrogens with one attached hydrogen (secondary N) is 1. The fourth-order valence-corrected chi connectivity index (χ4v) is 5.96. The molecule has 0 aromatic heterocycles. The number of carbonyl (C=O) groups is 1. The Morgan fingerprint density at radius 1 is 1.30 bits per heavy atom. The van der Waals surface area contributed by atoms with Crippen LogP contribution in [0.4, 0.5) is 5.69 Å². The summed E-state index contributed by atoms with van der Waals surface area (Å²) >= 11 is 3.42. The normalized spacial score (nSPS) is 20.7. The Morgan fingerprint density at radius 2 is 2.07 bits per heavy atom. The van der Waals surface area contributed by atoms with E-state index in [9.17, 15) is 13.2 Å². The summed E-state index contributed by atoms with van der Waals surface area (Å²) in [6, 6.07) is 4.01. The van der Waals surface area contributed by atoms with Gasteiger partial charge in [0, 0.05) is 36.6 Å². The predicted molar refractivity (Wildman–Crippen MR) is 111 cm³/mol. The molecule has 1 aromatic carbocycles. The van der Waals surface area contributed by atoms with E-state index in [1.165, 1.54) is 19.3 Å². The van der Waals surface area contributed by atoms with Gasteiger partial charge in [-0.3, -0.25) is 9.69 Å². The van der Waals surface area contributed by atoms with Crippen LogP contribution in [0.1, 0.15) is 45.1 Å². The van der Waals surface area contributed by atoms with Crippen LogP contribution in [-0.4, -0.2) is 51.4 Å². The lowest BCUT2D eigenvalue weighted by molar-refractivity contribution is -0.118. The van der Waals surface area contributed by atoms with E-state index in [1.54, 1.807) is 17.9 Å². The zero-order chi connectivity index (χ0) is 19.6. The number of halogens is 1. The van der Waals surface area contributed by atoms with Gasteiger partial charge in [0.05, 0.1) is 5.69 Å². The van der Waals surface area contributed by atoms with Crippen molar-refractivity contribution in [1.82, 2.24) is 9.62 Å². The molecule has 3 rings (SSSR count). The molecule has 0 radical (unpaired) electrons. The Labute approximate surface area is 170 Å². The molecule has 1 fully saturated rings. The molecule has 0 saturated carbocycles. The van der Waals surface area contributed by atoms with E-state index in [2.05, 4.69) is 32.5 Å². The lowest BCUT2D eigenvalue weighted by Gasteiger charge is -2.33. The number of rotatable bonds is 6. The van der Waals surface area contributed by atoms with Crippen LogP contribution in [0, 0.1) is 0 Å². The van der Waals surface area contributed by atoms with Crippen molar-refractivity contribution in [3.8, 4) is 0 Å². The highest BCUT2D eigenvalue weighted by molar-refractivity contribution is 9.10. The molecule has 150 valence electrons. The molecular formula is C19H28BrN3O3S. The van der Waals surface area contributed by atoms with Crippen molar-refractivity contribution in [3.63, 3.8) is 0 Å². The van der Waals surface area contributed by atoms with Crippen molar-refractivity contribution < 1.29 is 13.2 Å². The van der Waals surface area contributed by atoms with Crippen molar-refractivity contribution in [2.24, 2.45) is 0 Å². The molecule has 6 nitrogen and oxygen atoms in total. The van der Waals surface area contributed by atoms with Gasteiger partial charge in [-0.25, -0.2) is 13.1 Å². The van der Waals surface area contributed by atoms with E-state index < -0.39 is 10.0 Å². The molecule has 2 aliphatic rings. The highest BCUT2D eigenvalue weighted by Gasteiger charge is 2.32. The van der Waals surface area contributed by atoms with Gasteiger partial charge in [0.25, 0.3) is 0 Å². The van der Waals surface area contributed by atoms with Gasteiger partial charge in [-0.05, 0) is 50.4 Å². The number of hydrogen-bond acceptors (Lipinski definition) is 4. The molecule has 0 aliphatic carbocycles.